The van der Waals surface area contributed by atoms with Crippen molar-refractivity contribution in [1.29, 1.82) is 0 Å². The van der Waals surface area contributed by atoms with E-state index in [2.05, 4.69) is 15.9 Å². The fourth-order valence-electron chi connectivity index (χ4n) is 1.16. The third-order valence-electron chi connectivity index (χ3n) is 2.04. The Bertz CT molecular complexity index is 440. The van der Waals surface area contributed by atoms with Gasteiger partial charge in [-0.2, -0.15) is 0 Å². The molecular weight excluding hydrogens is 280 g/mol. The molecule has 0 aromatic heterocycles. The molecule has 1 aromatic rings. The summed E-state index contributed by atoms with van der Waals surface area (Å²) in [5, 5.41) is 0. The van der Waals surface area contributed by atoms with Gasteiger partial charge in [-0.15, -0.1) is 0 Å². The molecular formula is C10H13BrO3S. The number of halogens is 1. The number of hydrogen-bond acceptors (Lipinski definition) is 3. The molecule has 0 radical (unpaired) electrons. The van der Waals surface area contributed by atoms with Gasteiger partial charge in [0, 0.05) is 5.75 Å². The number of hydrogen-bond donors (Lipinski definition) is 0. The Morgan fingerprint density at radius 1 is 1.40 bits per heavy atom. The molecule has 0 heterocycles. The van der Waals surface area contributed by atoms with Crippen LogP contribution in [0.4, 0.5) is 0 Å². The normalized spacial score (nSPS) is 11.4. The lowest BCUT2D eigenvalue weighted by Gasteiger charge is -2.06. The Morgan fingerprint density at radius 3 is 2.53 bits per heavy atom. The van der Waals surface area contributed by atoms with Crippen LogP contribution in [-0.4, -0.2) is 21.3 Å². The molecule has 0 aliphatic heterocycles. The van der Waals surface area contributed by atoms with Crippen molar-refractivity contribution in [3.63, 3.8) is 0 Å². The lowest BCUT2D eigenvalue weighted by molar-refractivity contribution is 0.412. The monoisotopic (exact) mass is 292 g/mol. The van der Waals surface area contributed by atoms with Gasteiger partial charge in [0.05, 0.1) is 17.3 Å². The molecule has 0 N–H and O–H groups in total. The van der Waals surface area contributed by atoms with Crippen LogP contribution in [0.2, 0.25) is 0 Å². The highest BCUT2D eigenvalue weighted by Gasteiger charge is 2.10. The van der Waals surface area contributed by atoms with Gasteiger partial charge < -0.3 is 4.74 Å². The standard InChI is InChI=1S/C10H13BrO3S/c1-3-15(12,13)7-8-4-5-10(14-2)9(11)6-8/h4-6H,3,7H2,1-2H3. The summed E-state index contributed by atoms with van der Waals surface area (Å²) < 4.78 is 28.6. The van der Waals surface area contributed by atoms with E-state index in [1.54, 1.807) is 32.2 Å². The molecule has 0 saturated heterocycles. The summed E-state index contributed by atoms with van der Waals surface area (Å²) in [6.45, 7) is 1.65. The third kappa shape index (κ3) is 3.50. The number of ether oxygens (including phenoxy) is 1. The van der Waals surface area contributed by atoms with Crippen molar-refractivity contribution in [2.75, 3.05) is 12.9 Å². The molecule has 1 rings (SSSR count). The van der Waals surface area contributed by atoms with Crippen LogP contribution in [0, 0.1) is 0 Å². The predicted octanol–water partition coefficient (Wildman–Crippen LogP) is 2.39. The Balaban J connectivity index is 2.94. The van der Waals surface area contributed by atoms with Crippen LogP contribution >= 0.6 is 15.9 Å². The fraction of sp³-hybridized carbons (Fsp3) is 0.400. The van der Waals surface area contributed by atoms with Gasteiger partial charge in [0.15, 0.2) is 9.84 Å². The minimum Gasteiger partial charge on any atom is -0.496 e. The average molecular weight is 293 g/mol. The summed E-state index contributed by atoms with van der Waals surface area (Å²) >= 11 is 3.32. The van der Waals surface area contributed by atoms with E-state index in [1.165, 1.54) is 0 Å². The van der Waals surface area contributed by atoms with E-state index in [4.69, 9.17) is 4.74 Å². The highest BCUT2D eigenvalue weighted by Crippen LogP contribution is 2.26. The van der Waals surface area contributed by atoms with Crippen molar-refractivity contribution in [3.8, 4) is 5.75 Å². The predicted molar refractivity (Wildman–Crippen MR) is 63.9 cm³/mol. The molecule has 0 atom stereocenters. The summed E-state index contributed by atoms with van der Waals surface area (Å²) in [5.41, 5.74) is 0.768. The Morgan fingerprint density at radius 2 is 2.07 bits per heavy atom. The maximum absolute atomic E-state index is 11.4. The second-order valence-electron chi connectivity index (χ2n) is 3.15. The van der Waals surface area contributed by atoms with Crippen molar-refractivity contribution in [3.05, 3.63) is 28.2 Å². The molecule has 1 aromatic carbocycles. The van der Waals surface area contributed by atoms with E-state index in [0.717, 1.165) is 10.0 Å². The van der Waals surface area contributed by atoms with Crippen LogP contribution in [0.15, 0.2) is 22.7 Å². The van der Waals surface area contributed by atoms with Gasteiger partial charge in [0.2, 0.25) is 0 Å². The van der Waals surface area contributed by atoms with E-state index >= 15 is 0 Å². The van der Waals surface area contributed by atoms with E-state index in [0.29, 0.717) is 5.75 Å². The SMILES string of the molecule is CCS(=O)(=O)Cc1ccc(OC)c(Br)c1. The topological polar surface area (TPSA) is 43.4 Å². The molecule has 84 valence electrons. The molecule has 0 aliphatic carbocycles. The van der Waals surface area contributed by atoms with Gasteiger partial charge >= 0.3 is 0 Å². The number of benzene rings is 1. The molecule has 0 saturated carbocycles. The zero-order valence-corrected chi connectivity index (χ0v) is 11.1. The summed E-state index contributed by atoms with van der Waals surface area (Å²) in [6.07, 6.45) is 0. The highest BCUT2D eigenvalue weighted by molar-refractivity contribution is 9.10. The first kappa shape index (κ1) is 12.5. The largest absolute Gasteiger partial charge is 0.496 e. The molecule has 0 amide bonds. The van der Waals surface area contributed by atoms with Crippen LogP contribution in [0.1, 0.15) is 12.5 Å². The Hall–Kier alpha value is -0.550. The number of rotatable bonds is 4. The molecule has 0 bridgehead atoms. The summed E-state index contributed by atoms with van der Waals surface area (Å²) in [5.74, 6) is 0.940. The second kappa shape index (κ2) is 4.99. The Labute approximate surface area is 98.5 Å². The van der Waals surface area contributed by atoms with E-state index in [9.17, 15) is 8.42 Å². The molecule has 0 unspecified atom stereocenters. The van der Waals surface area contributed by atoms with Crippen LogP contribution in [0.25, 0.3) is 0 Å². The first-order valence-electron chi connectivity index (χ1n) is 4.51. The minimum absolute atomic E-state index is 0.0755. The maximum atomic E-state index is 11.4. The van der Waals surface area contributed by atoms with Gasteiger partial charge in [0.1, 0.15) is 5.75 Å². The zero-order valence-electron chi connectivity index (χ0n) is 8.66. The third-order valence-corrected chi connectivity index (χ3v) is 4.32. The van der Waals surface area contributed by atoms with Crippen LogP contribution in [0.5, 0.6) is 5.75 Å². The number of sulfone groups is 1. The van der Waals surface area contributed by atoms with Crippen molar-refractivity contribution in [2.24, 2.45) is 0 Å². The van der Waals surface area contributed by atoms with Crippen molar-refractivity contribution >= 4 is 25.8 Å². The molecule has 3 nitrogen and oxygen atoms in total. The van der Waals surface area contributed by atoms with Gasteiger partial charge in [-0.25, -0.2) is 8.42 Å². The van der Waals surface area contributed by atoms with Gasteiger partial charge in [-0.05, 0) is 33.6 Å². The van der Waals surface area contributed by atoms with Gasteiger partial charge in [-0.1, -0.05) is 13.0 Å². The number of methoxy groups -OCH3 is 1. The van der Waals surface area contributed by atoms with E-state index in [1.807, 2.05) is 0 Å². The second-order valence-corrected chi connectivity index (χ2v) is 6.35. The lowest BCUT2D eigenvalue weighted by Crippen LogP contribution is -2.06. The van der Waals surface area contributed by atoms with Crippen molar-refractivity contribution in [2.45, 2.75) is 12.7 Å². The average Bonchev–Trinajstić information content (AvgIpc) is 2.17. The fourth-order valence-corrected chi connectivity index (χ4v) is 2.64. The summed E-state index contributed by atoms with van der Waals surface area (Å²) in [6, 6.07) is 5.29. The van der Waals surface area contributed by atoms with Crippen molar-refractivity contribution in [1.82, 2.24) is 0 Å². The summed E-state index contributed by atoms with van der Waals surface area (Å²) in [4.78, 5) is 0. The smallest absolute Gasteiger partial charge is 0.154 e. The Kier molecular flexibility index (Phi) is 4.16. The maximum Gasteiger partial charge on any atom is 0.154 e. The van der Waals surface area contributed by atoms with Gasteiger partial charge in [0.25, 0.3) is 0 Å². The van der Waals surface area contributed by atoms with Gasteiger partial charge in [-0.3, -0.25) is 0 Å². The van der Waals surface area contributed by atoms with E-state index in [-0.39, 0.29) is 11.5 Å². The summed E-state index contributed by atoms with van der Waals surface area (Å²) in [7, 11) is -1.40. The molecule has 0 aliphatic rings. The minimum atomic E-state index is -2.97. The van der Waals surface area contributed by atoms with Crippen LogP contribution in [-0.2, 0) is 15.6 Å². The first-order chi connectivity index (χ1) is 6.98. The lowest BCUT2D eigenvalue weighted by atomic mass is 10.2. The van der Waals surface area contributed by atoms with Crippen LogP contribution in [0.3, 0.4) is 0 Å². The molecule has 15 heavy (non-hydrogen) atoms. The quantitative estimate of drug-likeness (QED) is 0.856. The molecule has 5 heteroatoms. The van der Waals surface area contributed by atoms with Crippen LogP contribution < -0.4 is 4.74 Å². The highest BCUT2D eigenvalue weighted by atomic mass is 79.9. The first-order valence-corrected chi connectivity index (χ1v) is 7.13. The zero-order chi connectivity index (χ0) is 11.5. The molecule has 0 fully saturated rings. The van der Waals surface area contributed by atoms with E-state index < -0.39 is 9.84 Å². The van der Waals surface area contributed by atoms with Crippen molar-refractivity contribution < 1.29 is 13.2 Å². The molecule has 0 spiro atoms.